The largest absolute Gasteiger partial charge is 0.491 e. The quantitative estimate of drug-likeness (QED) is 0.653. The van der Waals surface area contributed by atoms with E-state index in [1.807, 2.05) is 13.8 Å². The molecule has 0 atom stereocenters. The van der Waals surface area contributed by atoms with Crippen LogP contribution in [-0.2, 0) is 0 Å². The van der Waals surface area contributed by atoms with Gasteiger partial charge in [0.2, 0.25) is 0 Å². The monoisotopic (exact) mass is 334 g/mol. The summed E-state index contributed by atoms with van der Waals surface area (Å²) in [7, 11) is 0. The second-order valence-corrected chi connectivity index (χ2v) is 5.48. The minimum absolute atomic E-state index is 0.0168. The first-order valence-corrected chi connectivity index (χ1v) is 7.26. The number of hydrogen-bond donors (Lipinski definition) is 1. The molecule has 2 aromatic rings. The molecule has 2 rings (SSSR count). The zero-order chi connectivity index (χ0) is 17.0. The number of carbonyl (C=O) groups excluding carboxylic acids is 1. The lowest BCUT2D eigenvalue weighted by atomic mass is 10.2. The fourth-order valence-electron chi connectivity index (χ4n) is 1.89. The Morgan fingerprint density at radius 1 is 1.22 bits per heavy atom. The van der Waals surface area contributed by atoms with Crippen molar-refractivity contribution in [3.63, 3.8) is 0 Å². The van der Waals surface area contributed by atoms with Gasteiger partial charge in [0, 0.05) is 17.3 Å². The van der Waals surface area contributed by atoms with E-state index in [9.17, 15) is 14.9 Å². The van der Waals surface area contributed by atoms with Gasteiger partial charge in [0.15, 0.2) is 0 Å². The Morgan fingerprint density at radius 3 is 2.43 bits per heavy atom. The number of carbonyl (C=O) groups is 1. The van der Waals surface area contributed by atoms with Crippen LogP contribution in [0.5, 0.6) is 5.75 Å². The summed E-state index contributed by atoms with van der Waals surface area (Å²) in [5, 5.41) is 13.5. The van der Waals surface area contributed by atoms with Crippen molar-refractivity contribution in [2.24, 2.45) is 0 Å². The number of nitrogens with one attached hydrogen (secondary N) is 1. The zero-order valence-corrected chi connectivity index (χ0v) is 13.3. The van der Waals surface area contributed by atoms with Crippen molar-refractivity contribution in [1.29, 1.82) is 0 Å². The van der Waals surface area contributed by atoms with Crippen LogP contribution in [0.1, 0.15) is 24.2 Å². The molecule has 23 heavy (non-hydrogen) atoms. The molecule has 0 saturated carbocycles. The summed E-state index contributed by atoms with van der Waals surface area (Å²) in [6.07, 6.45) is 0.0456. The molecule has 120 valence electrons. The highest BCUT2D eigenvalue weighted by atomic mass is 35.5. The first kappa shape index (κ1) is 16.8. The van der Waals surface area contributed by atoms with Crippen LogP contribution in [0.4, 0.5) is 11.4 Å². The number of anilines is 1. The molecule has 0 aliphatic carbocycles. The minimum Gasteiger partial charge on any atom is -0.491 e. The van der Waals surface area contributed by atoms with Crippen LogP contribution >= 0.6 is 11.6 Å². The number of nitrogens with zero attached hydrogens (tertiary/aromatic N) is 1. The topological polar surface area (TPSA) is 81.5 Å². The van der Waals surface area contributed by atoms with Crippen LogP contribution in [0.3, 0.4) is 0 Å². The van der Waals surface area contributed by atoms with Crippen molar-refractivity contribution in [1.82, 2.24) is 0 Å². The lowest BCUT2D eigenvalue weighted by Gasteiger charge is -2.10. The third-order valence-corrected chi connectivity index (χ3v) is 3.21. The second kappa shape index (κ2) is 7.11. The number of benzene rings is 2. The molecule has 0 heterocycles. The van der Waals surface area contributed by atoms with Crippen molar-refractivity contribution >= 4 is 28.9 Å². The van der Waals surface area contributed by atoms with Crippen LogP contribution in [-0.4, -0.2) is 16.9 Å². The standard InChI is InChI=1S/C16H15ClN2O4/c1-10(2)23-13-6-3-11(4-7-13)16(20)18-12-5-8-14(17)15(9-12)19(21)22/h3-10H,1-2H3,(H,18,20). The molecule has 1 amide bonds. The molecule has 1 N–H and O–H groups in total. The lowest BCUT2D eigenvalue weighted by molar-refractivity contribution is -0.384. The summed E-state index contributed by atoms with van der Waals surface area (Å²) in [5.74, 6) is 0.288. The molecule has 2 aromatic carbocycles. The van der Waals surface area contributed by atoms with E-state index < -0.39 is 4.92 Å². The van der Waals surface area contributed by atoms with E-state index in [4.69, 9.17) is 16.3 Å². The summed E-state index contributed by atoms with van der Waals surface area (Å²) in [4.78, 5) is 22.4. The van der Waals surface area contributed by atoms with Crippen LogP contribution in [0, 0.1) is 10.1 Å². The molecule has 0 saturated heterocycles. The van der Waals surface area contributed by atoms with Crippen LogP contribution < -0.4 is 10.1 Å². The van der Waals surface area contributed by atoms with Crippen molar-refractivity contribution in [2.75, 3.05) is 5.32 Å². The highest BCUT2D eigenvalue weighted by Crippen LogP contribution is 2.27. The highest BCUT2D eigenvalue weighted by Gasteiger charge is 2.14. The zero-order valence-electron chi connectivity index (χ0n) is 12.6. The molecule has 0 aliphatic heterocycles. The summed E-state index contributed by atoms with van der Waals surface area (Å²) in [5.41, 5.74) is 0.456. The molecule has 0 radical (unpaired) electrons. The predicted octanol–water partition coefficient (Wildman–Crippen LogP) is 4.29. The Hall–Kier alpha value is -2.60. The maximum absolute atomic E-state index is 12.2. The van der Waals surface area contributed by atoms with Gasteiger partial charge in [-0.2, -0.15) is 0 Å². The number of halogens is 1. The van der Waals surface area contributed by atoms with E-state index in [1.165, 1.54) is 18.2 Å². The lowest BCUT2D eigenvalue weighted by Crippen LogP contribution is -2.12. The molecule has 0 aliphatic rings. The molecule has 0 aromatic heterocycles. The van der Waals surface area contributed by atoms with Gasteiger partial charge in [-0.3, -0.25) is 14.9 Å². The molecule has 7 heteroatoms. The van der Waals surface area contributed by atoms with Gasteiger partial charge in [0.25, 0.3) is 11.6 Å². The van der Waals surface area contributed by atoms with Gasteiger partial charge in [-0.15, -0.1) is 0 Å². The van der Waals surface area contributed by atoms with E-state index in [1.54, 1.807) is 24.3 Å². The predicted molar refractivity (Wildman–Crippen MR) is 88.3 cm³/mol. The smallest absolute Gasteiger partial charge is 0.289 e. The maximum Gasteiger partial charge on any atom is 0.289 e. The first-order chi connectivity index (χ1) is 10.9. The van der Waals surface area contributed by atoms with Gasteiger partial charge in [0.05, 0.1) is 11.0 Å². The minimum atomic E-state index is -0.601. The third-order valence-electron chi connectivity index (χ3n) is 2.89. The Morgan fingerprint density at radius 2 is 1.87 bits per heavy atom. The van der Waals surface area contributed by atoms with E-state index in [0.717, 1.165) is 0 Å². The SMILES string of the molecule is CC(C)Oc1ccc(C(=O)Nc2ccc(Cl)c([N+](=O)[O-])c2)cc1. The van der Waals surface area contributed by atoms with E-state index in [0.29, 0.717) is 17.0 Å². The Balaban J connectivity index is 2.13. The molecule has 0 bridgehead atoms. The van der Waals surface area contributed by atoms with Crippen molar-refractivity contribution in [3.8, 4) is 5.75 Å². The van der Waals surface area contributed by atoms with E-state index in [2.05, 4.69) is 5.32 Å². The molecule has 6 nitrogen and oxygen atoms in total. The number of nitro benzene ring substituents is 1. The number of amides is 1. The molecule has 0 fully saturated rings. The summed E-state index contributed by atoms with van der Waals surface area (Å²) in [6, 6.07) is 10.7. The molecular formula is C16H15ClN2O4. The van der Waals surface area contributed by atoms with Gasteiger partial charge in [-0.1, -0.05) is 11.6 Å². The summed E-state index contributed by atoms with van der Waals surface area (Å²) >= 11 is 5.74. The Bertz CT molecular complexity index is 729. The number of ether oxygens (including phenoxy) is 1. The maximum atomic E-state index is 12.2. The first-order valence-electron chi connectivity index (χ1n) is 6.89. The average molecular weight is 335 g/mol. The Labute approximate surface area is 138 Å². The molecule has 0 unspecified atom stereocenters. The van der Waals surface area contributed by atoms with Crippen molar-refractivity contribution in [2.45, 2.75) is 20.0 Å². The normalized spacial score (nSPS) is 10.4. The highest BCUT2D eigenvalue weighted by molar-refractivity contribution is 6.32. The van der Waals surface area contributed by atoms with Gasteiger partial charge in [0.1, 0.15) is 10.8 Å². The summed E-state index contributed by atoms with van der Waals surface area (Å²) < 4.78 is 5.50. The fourth-order valence-corrected chi connectivity index (χ4v) is 2.08. The van der Waals surface area contributed by atoms with E-state index >= 15 is 0 Å². The van der Waals surface area contributed by atoms with Crippen LogP contribution in [0.2, 0.25) is 5.02 Å². The van der Waals surface area contributed by atoms with Gasteiger partial charge < -0.3 is 10.1 Å². The summed E-state index contributed by atoms with van der Waals surface area (Å²) in [6.45, 7) is 3.82. The van der Waals surface area contributed by atoms with Crippen molar-refractivity contribution in [3.05, 3.63) is 63.2 Å². The average Bonchev–Trinajstić information content (AvgIpc) is 2.49. The van der Waals surface area contributed by atoms with Gasteiger partial charge in [-0.25, -0.2) is 0 Å². The van der Waals surface area contributed by atoms with Crippen LogP contribution in [0.15, 0.2) is 42.5 Å². The van der Waals surface area contributed by atoms with Gasteiger partial charge >= 0.3 is 0 Å². The third kappa shape index (κ3) is 4.43. The number of hydrogen-bond acceptors (Lipinski definition) is 4. The van der Waals surface area contributed by atoms with Crippen molar-refractivity contribution < 1.29 is 14.5 Å². The number of rotatable bonds is 5. The Kier molecular flexibility index (Phi) is 5.18. The molecule has 0 spiro atoms. The fraction of sp³-hybridized carbons (Fsp3) is 0.188. The second-order valence-electron chi connectivity index (χ2n) is 5.07. The number of nitro groups is 1. The van der Waals surface area contributed by atoms with Crippen LogP contribution in [0.25, 0.3) is 0 Å². The molecular weight excluding hydrogens is 320 g/mol. The van der Waals surface area contributed by atoms with Gasteiger partial charge in [-0.05, 0) is 50.2 Å². The van der Waals surface area contributed by atoms with E-state index in [-0.39, 0.29) is 22.7 Å².